The topological polar surface area (TPSA) is 74.6 Å². The van der Waals surface area contributed by atoms with Crippen LogP contribution >= 0.6 is 0 Å². The van der Waals surface area contributed by atoms with Gasteiger partial charge < -0.3 is 10.2 Å². The van der Waals surface area contributed by atoms with E-state index in [1.165, 1.54) is 0 Å². The lowest BCUT2D eigenvalue weighted by Gasteiger charge is -2.35. The van der Waals surface area contributed by atoms with E-state index >= 15 is 0 Å². The smallest absolute Gasteiger partial charge is 0.150 e. The molecule has 2 rings (SSSR count). The van der Waals surface area contributed by atoms with Gasteiger partial charge >= 0.3 is 0 Å². The third-order valence-electron chi connectivity index (χ3n) is 4.13. The Morgan fingerprint density at radius 1 is 1.16 bits per heavy atom. The van der Waals surface area contributed by atoms with E-state index in [0.29, 0.717) is 12.8 Å². The highest BCUT2D eigenvalue weighted by Gasteiger charge is 2.44. The number of hydrogen-bond acceptors (Lipinski definition) is 4. The zero-order valence-electron chi connectivity index (χ0n) is 10.8. The van der Waals surface area contributed by atoms with Crippen LogP contribution in [0.1, 0.15) is 12.0 Å². The van der Waals surface area contributed by atoms with Crippen molar-refractivity contribution in [2.75, 3.05) is 24.7 Å². The van der Waals surface area contributed by atoms with Crippen LogP contribution in [-0.2, 0) is 16.3 Å². The molecule has 19 heavy (non-hydrogen) atoms. The molecule has 1 aromatic rings. The maximum atomic E-state index is 11.6. The summed E-state index contributed by atoms with van der Waals surface area (Å²) >= 11 is 0. The van der Waals surface area contributed by atoms with E-state index in [-0.39, 0.29) is 30.6 Å². The summed E-state index contributed by atoms with van der Waals surface area (Å²) in [5.41, 5.74) is 0.264. The van der Waals surface area contributed by atoms with Gasteiger partial charge in [-0.1, -0.05) is 30.3 Å². The quantitative estimate of drug-likeness (QED) is 0.832. The molecule has 0 aromatic heterocycles. The van der Waals surface area contributed by atoms with Gasteiger partial charge in [0.05, 0.1) is 24.7 Å². The first-order valence-electron chi connectivity index (χ1n) is 6.47. The molecule has 1 aliphatic rings. The van der Waals surface area contributed by atoms with Gasteiger partial charge in [0.15, 0.2) is 9.84 Å². The molecular formula is C14H20O4S. The van der Waals surface area contributed by atoms with Crippen LogP contribution in [0.5, 0.6) is 0 Å². The molecule has 1 aliphatic heterocycles. The number of rotatable bonds is 5. The maximum absolute atomic E-state index is 11.6. The molecule has 0 aliphatic carbocycles. The second kappa shape index (κ2) is 5.61. The second-order valence-corrected chi connectivity index (χ2v) is 7.67. The van der Waals surface area contributed by atoms with E-state index in [4.69, 9.17) is 0 Å². The van der Waals surface area contributed by atoms with Crippen molar-refractivity contribution in [2.45, 2.75) is 12.8 Å². The molecule has 0 spiro atoms. The van der Waals surface area contributed by atoms with Gasteiger partial charge in [-0.3, -0.25) is 0 Å². The van der Waals surface area contributed by atoms with Gasteiger partial charge in [0, 0.05) is 5.41 Å². The second-order valence-electron chi connectivity index (χ2n) is 5.44. The molecule has 5 heteroatoms. The minimum Gasteiger partial charge on any atom is -0.396 e. The van der Waals surface area contributed by atoms with Crippen molar-refractivity contribution < 1.29 is 18.6 Å². The zero-order valence-corrected chi connectivity index (χ0v) is 11.6. The number of sulfone groups is 1. The van der Waals surface area contributed by atoms with Gasteiger partial charge in [-0.25, -0.2) is 8.42 Å². The average molecular weight is 284 g/mol. The molecule has 2 N–H and O–H groups in total. The molecule has 1 unspecified atom stereocenters. The predicted octanol–water partition coefficient (Wildman–Crippen LogP) is 0.635. The predicted molar refractivity (Wildman–Crippen MR) is 73.5 cm³/mol. The van der Waals surface area contributed by atoms with Crippen molar-refractivity contribution in [3.05, 3.63) is 35.9 Å². The number of aliphatic hydroxyl groups excluding tert-OH is 2. The minimum atomic E-state index is -3.01. The minimum absolute atomic E-state index is 0.0704. The fourth-order valence-electron chi connectivity index (χ4n) is 2.84. The third-order valence-corrected chi connectivity index (χ3v) is 5.90. The molecule has 1 aromatic carbocycles. The maximum Gasteiger partial charge on any atom is 0.150 e. The van der Waals surface area contributed by atoms with E-state index in [1.807, 2.05) is 30.3 Å². The lowest BCUT2D eigenvalue weighted by molar-refractivity contribution is 0.0124. The number of benzene rings is 1. The average Bonchev–Trinajstić information content (AvgIpc) is 2.78. The highest BCUT2D eigenvalue weighted by molar-refractivity contribution is 7.91. The van der Waals surface area contributed by atoms with Crippen LogP contribution in [-0.4, -0.2) is 43.4 Å². The van der Waals surface area contributed by atoms with Crippen LogP contribution in [0.15, 0.2) is 30.3 Å². The molecule has 1 fully saturated rings. The van der Waals surface area contributed by atoms with Crippen LogP contribution < -0.4 is 0 Å². The van der Waals surface area contributed by atoms with Crippen molar-refractivity contribution in [1.82, 2.24) is 0 Å². The normalized spacial score (nSPS) is 22.5. The van der Waals surface area contributed by atoms with Gasteiger partial charge in [-0.05, 0) is 24.3 Å². The Bertz CT molecular complexity index is 506. The van der Waals surface area contributed by atoms with Gasteiger partial charge in [0.25, 0.3) is 0 Å². The summed E-state index contributed by atoms with van der Waals surface area (Å²) in [6.07, 6.45) is 1.03. The summed E-state index contributed by atoms with van der Waals surface area (Å²) in [5, 5.41) is 19.4. The molecule has 0 amide bonds. The Morgan fingerprint density at radius 3 is 2.26 bits per heavy atom. The van der Waals surface area contributed by atoms with Gasteiger partial charge in [0.1, 0.15) is 0 Å². The zero-order chi connectivity index (χ0) is 13.9. The van der Waals surface area contributed by atoms with Crippen molar-refractivity contribution in [2.24, 2.45) is 11.3 Å². The number of aliphatic hydroxyl groups is 2. The van der Waals surface area contributed by atoms with E-state index in [0.717, 1.165) is 5.56 Å². The van der Waals surface area contributed by atoms with E-state index < -0.39 is 15.3 Å². The van der Waals surface area contributed by atoms with Crippen LogP contribution in [0, 0.1) is 11.3 Å². The summed E-state index contributed by atoms with van der Waals surface area (Å²) in [6, 6.07) is 9.58. The lowest BCUT2D eigenvalue weighted by atomic mass is 9.72. The fourth-order valence-corrected chi connectivity index (χ4v) is 4.79. The molecule has 1 saturated heterocycles. The van der Waals surface area contributed by atoms with Crippen LogP contribution in [0.4, 0.5) is 0 Å². The lowest BCUT2D eigenvalue weighted by Crippen LogP contribution is -2.40. The Kier molecular flexibility index (Phi) is 4.28. The molecule has 1 atom stereocenters. The van der Waals surface area contributed by atoms with Crippen molar-refractivity contribution in [1.29, 1.82) is 0 Å². The van der Waals surface area contributed by atoms with Gasteiger partial charge in [-0.2, -0.15) is 0 Å². The Hall–Kier alpha value is -0.910. The Morgan fingerprint density at radius 2 is 1.79 bits per heavy atom. The van der Waals surface area contributed by atoms with Crippen molar-refractivity contribution in [3.63, 3.8) is 0 Å². The summed E-state index contributed by atoms with van der Waals surface area (Å²) in [6.45, 7) is -0.392. The Balaban J connectivity index is 2.23. The largest absolute Gasteiger partial charge is 0.396 e. The first-order chi connectivity index (χ1) is 9.01. The summed E-state index contributed by atoms with van der Waals surface area (Å²) in [4.78, 5) is 0. The summed E-state index contributed by atoms with van der Waals surface area (Å²) < 4.78 is 23.2. The molecule has 0 saturated carbocycles. The van der Waals surface area contributed by atoms with E-state index in [2.05, 4.69) is 0 Å². The molecule has 1 heterocycles. The molecular weight excluding hydrogens is 264 g/mol. The highest BCUT2D eigenvalue weighted by Crippen LogP contribution is 2.38. The van der Waals surface area contributed by atoms with Crippen LogP contribution in [0.25, 0.3) is 0 Å². The standard InChI is InChI=1S/C14H20O4S/c15-10-14(11-16,8-12-4-2-1-3-5-12)13-6-7-19(17,18)9-13/h1-5,13,15-16H,6-11H2. The molecule has 106 valence electrons. The van der Waals surface area contributed by atoms with E-state index in [1.54, 1.807) is 0 Å². The van der Waals surface area contributed by atoms with Crippen LogP contribution in [0.3, 0.4) is 0 Å². The first kappa shape index (κ1) is 14.5. The highest BCUT2D eigenvalue weighted by atomic mass is 32.2. The van der Waals surface area contributed by atoms with E-state index in [9.17, 15) is 18.6 Å². The third kappa shape index (κ3) is 3.16. The fraction of sp³-hybridized carbons (Fsp3) is 0.571. The monoisotopic (exact) mass is 284 g/mol. The summed E-state index contributed by atoms with van der Waals surface area (Å²) in [5.74, 6) is 0.0579. The molecule has 0 bridgehead atoms. The summed E-state index contributed by atoms with van der Waals surface area (Å²) in [7, 11) is -3.01. The van der Waals surface area contributed by atoms with Crippen LogP contribution in [0.2, 0.25) is 0 Å². The SMILES string of the molecule is O=S1(=O)CCC(C(CO)(CO)Cc2ccccc2)C1. The molecule has 0 radical (unpaired) electrons. The van der Waals surface area contributed by atoms with Crippen molar-refractivity contribution in [3.8, 4) is 0 Å². The van der Waals surface area contributed by atoms with Crippen molar-refractivity contribution >= 4 is 9.84 Å². The van der Waals surface area contributed by atoms with Gasteiger partial charge in [0.2, 0.25) is 0 Å². The number of hydrogen-bond donors (Lipinski definition) is 2. The van der Waals surface area contributed by atoms with Gasteiger partial charge in [-0.15, -0.1) is 0 Å². The first-order valence-corrected chi connectivity index (χ1v) is 8.29. The Labute approximate surface area is 114 Å². The molecule has 4 nitrogen and oxygen atoms in total.